The van der Waals surface area contributed by atoms with Crippen LogP contribution in [-0.2, 0) is 13.0 Å². The smallest absolute Gasteiger partial charge is 0.167 e. The van der Waals surface area contributed by atoms with Gasteiger partial charge in [-0.1, -0.05) is 37.3 Å². The van der Waals surface area contributed by atoms with Gasteiger partial charge in [0.25, 0.3) is 0 Å². The van der Waals surface area contributed by atoms with E-state index in [0.717, 1.165) is 25.3 Å². The second-order valence-electron chi connectivity index (χ2n) is 4.28. The van der Waals surface area contributed by atoms with Crippen LogP contribution in [0.2, 0.25) is 0 Å². The van der Waals surface area contributed by atoms with Crippen molar-refractivity contribution in [2.45, 2.75) is 32.9 Å². The van der Waals surface area contributed by atoms with Crippen LogP contribution in [0.4, 0.5) is 0 Å². The quantitative estimate of drug-likeness (QED) is 0.839. The van der Waals surface area contributed by atoms with Crippen molar-refractivity contribution in [3.63, 3.8) is 0 Å². The molecule has 1 N–H and O–H groups in total. The standard InChI is InChI=1S/C13H19N5/c1-3-14-11(2)13-15-16-17-18(13)10-9-12-7-5-4-6-8-12/h4-8,11,14H,3,9-10H2,1-2H3. The Bertz CT molecular complexity index is 465. The number of hydrogen-bond donors (Lipinski definition) is 1. The maximum absolute atomic E-state index is 4.09. The zero-order valence-corrected chi connectivity index (χ0v) is 10.9. The van der Waals surface area contributed by atoms with Gasteiger partial charge in [-0.05, 0) is 35.9 Å². The van der Waals surface area contributed by atoms with Crippen LogP contribution >= 0.6 is 0 Å². The van der Waals surface area contributed by atoms with Crippen LogP contribution in [0.25, 0.3) is 0 Å². The Balaban J connectivity index is 2.00. The first-order valence-electron chi connectivity index (χ1n) is 6.34. The maximum atomic E-state index is 4.09. The number of nitrogens with one attached hydrogen (secondary N) is 1. The minimum atomic E-state index is 0.181. The van der Waals surface area contributed by atoms with Gasteiger partial charge >= 0.3 is 0 Å². The number of hydrogen-bond acceptors (Lipinski definition) is 4. The van der Waals surface area contributed by atoms with Crippen molar-refractivity contribution in [1.29, 1.82) is 0 Å². The van der Waals surface area contributed by atoms with E-state index in [1.807, 2.05) is 10.7 Å². The number of aryl methyl sites for hydroxylation is 2. The zero-order valence-electron chi connectivity index (χ0n) is 10.9. The second-order valence-corrected chi connectivity index (χ2v) is 4.28. The monoisotopic (exact) mass is 245 g/mol. The van der Waals surface area contributed by atoms with Crippen LogP contribution in [-0.4, -0.2) is 26.8 Å². The van der Waals surface area contributed by atoms with E-state index in [2.05, 4.69) is 59.0 Å². The van der Waals surface area contributed by atoms with Crippen LogP contribution in [0.1, 0.15) is 31.3 Å². The molecule has 96 valence electrons. The summed E-state index contributed by atoms with van der Waals surface area (Å²) in [6.07, 6.45) is 0.942. The summed E-state index contributed by atoms with van der Waals surface area (Å²) in [5.41, 5.74) is 1.30. The molecule has 2 aromatic rings. The third kappa shape index (κ3) is 3.13. The predicted octanol–water partition coefficient (Wildman–Crippen LogP) is 1.59. The summed E-state index contributed by atoms with van der Waals surface area (Å²) in [6.45, 7) is 5.87. The van der Waals surface area contributed by atoms with Crippen LogP contribution in [0.15, 0.2) is 30.3 Å². The second kappa shape index (κ2) is 6.26. The Labute approximate surface area is 107 Å². The van der Waals surface area contributed by atoms with E-state index in [0.29, 0.717) is 0 Å². The van der Waals surface area contributed by atoms with Crippen molar-refractivity contribution in [3.05, 3.63) is 41.7 Å². The lowest BCUT2D eigenvalue weighted by molar-refractivity contribution is 0.495. The van der Waals surface area contributed by atoms with Gasteiger partial charge in [0.05, 0.1) is 6.04 Å². The molecule has 1 aromatic heterocycles. The fourth-order valence-corrected chi connectivity index (χ4v) is 1.96. The van der Waals surface area contributed by atoms with Crippen molar-refractivity contribution in [2.24, 2.45) is 0 Å². The normalized spacial score (nSPS) is 12.6. The molecule has 1 unspecified atom stereocenters. The summed E-state index contributed by atoms with van der Waals surface area (Å²) in [5, 5.41) is 15.2. The Kier molecular flexibility index (Phi) is 4.41. The fraction of sp³-hybridized carbons (Fsp3) is 0.462. The highest BCUT2D eigenvalue weighted by atomic mass is 15.5. The minimum absolute atomic E-state index is 0.181. The molecule has 18 heavy (non-hydrogen) atoms. The molecule has 2 rings (SSSR count). The molecule has 0 amide bonds. The van der Waals surface area contributed by atoms with E-state index in [1.54, 1.807) is 0 Å². The fourth-order valence-electron chi connectivity index (χ4n) is 1.96. The molecule has 0 aliphatic carbocycles. The van der Waals surface area contributed by atoms with E-state index >= 15 is 0 Å². The summed E-state index contributed by atoms with van der Waals surface area (Å²) in [4.78, 5) is 0. The molecule has 1 aromatic carbocycles. The van der Waals surface area contributed by atoms with Crippen molar-refractivity contribution >= 4 is 0 Å². The third-order valence-corrected chi connectivity index (χ3v) is 2.91. The van der Waals surface area contributed by atoms with Gasteiger partial charge in [-0.15, -0.1) is 5.10 Å². The molecule has 5 nitrogen and oxygen atoms in total. The summed E-state index contributed by atoms with van der Waals surface area (Å²) >= 11 is 0. The van der Waals surface area contributed by atoms with Crippen LogP contribution in [0.5, 0.6) is 0 Å². The molecule has 0 bridgehead atoms. The largest absolute Gasteiger partial charge is 0.308 e. The molecule has 0 fully saturated rings. The van der Waals surface area contributed by atoms with Gasteiger partial charge in [-0.3, -0.25) is 0 Å². The van der Waals surface area contributed by atoms with Gasteiger partial charge in [0, 0.05) is 6.54 Å². The lowest BCUT2D eigenvalue weighted by atomic mass is 10.1. The first kappa shape index (κ1) is 12.7. The van der Waals surface area contributed by atoms with E-state index in [9.17, 15) is 0 Å². The molecule has 0 saturated heterocycles. The summed E-state index contributed by atoms with van der Waals surface area (Å²) in [5.74, 6) is 0.896. The Morgan fingerprint density at radius 3 is 2.78 bits per heavy atom. The Hall–Kier alpha value is -1.75. The highest BCUT2D eigenvalue weighted by Gasteiger charge is 2.12. The number of rotatable bonds is 6. The van der Waals surface area contributed by atoms with Gasteiger partial charge in [-0.25, -0.2) is 4.68 Å². The van der Waals surface area contributed by atoms with Gasteiger partial charge in [0.1, 0.15) is 0 Å². The maximum Gasteiger partial charge on any atom is 0.167 e. The molecule has 0 aliphatic rings. The molecule has 0 saturated carbocycles. The number of aromatic nitrogens is 4. The third-order valence-electron chi connectivity index (χ3n) is 2.91. The summed E-state index contributed by atoms with van der Waals surface area (Å²) < 4.78 is 1.88. The van der Waals surface area contributed by atoms with Crippen molar-refractivity contribution in [1.82, 2.24) is 25.5 Å². The first-order chi connectivity index (χ1) is 8.81. The minimum Gasteiger partial charge on any atom is -0.308 e. The lowest BCUT2D eigenvalue weighted by Gasteiger charge is -2.11. The highest BCUT2D eigenvalue weighted by molar-refractivity contribution is 5.14. The highest BCUT2D eigenvalue weighted by Crippen LogP contribution is 2.08. The summed E-state index contributed by atoms with van der Waals surface area (Å²) in [6, 6.07) is 10.6. The molecular formula is C13H19N5. The van der Waals surface area contributed by atoms with E-state index in [-0.39, 0.29) is 6.04 Å². The summed E-state index contributed by atoms with van der Waals surface area (Å²) in [7, 11) is 0. The van der Waals surface area contributed by atoms with E-state index in [4.69, 9.17) is 0 Å². The van der Waals surface area contributed by atoms with Crippen molar-refractivity contribution < 1.29 is 0 Å². The van der Waals surface area contributed by atoms with Crippen molar-refractivity contribution in [2.75, 3.05) is 6.54 Å². The Morgan fingerprint density at radius 1 is 1.28 bits per heavy atom. The van der Waals surface area contributed by atoms with E-state index in [1.165, 1.54) is 5.56 Å². The van der Waals surface area contributed by atoms with Crippen LogP contribution in [0, 0.1) is 0 Å². The molecule has 0 spiro atoms. The van der Waals surface area contributed by atoms with Gasteiger partial charge < -0.3 is 5.32 Å². The van der Waals surface area contributed by atoms with Crippen LogP contribution < -0.4 is 5.32 Å². The Morgan fingerprint density at radius 2 is 2.06 bits per heavy atom. The lowest BCUT2D eigenvalue weighted by Crippen LogP contribution is -2.22. The average molecular weight is 245 g/mol. The van der Waals surface area contributed by atoms with Gasteiger partial charge in [0.15, 0.2) is 5.82 Å². The number of tetrazole rings is 1. The predicted molar refractivity (Wildman–Crippen MR) is 70.1 cm³/mol. The first-order valence-corrected chi connectivity index (χ1v) is 6.34. The zero-order chi connectivity index (χ0) is 12.8. The number of benzene rings is 1. The van der Waals surface area contributed by atoms with Gasteiger partial charge in [0.2, 0.25) is 0 Å². The molecule has 5 heteroatoms. The molecule has 1 heterocycles. The van der Waals surface area contributed by atoms with Crippen LogP contribution in [0.3, 0.4) is 0 Å². The van der Waals surface area contributed by atoms with E-state index < -0.39 is 0 Å². The SMILES string of the molecule is CCNC(C)c1nnnn1CCc1ccccc1. The molecular weight excluding hydrogens is 226 g/mol. The topological polar surface area (TPSA) is 55.6 Å². The number of nitrogens with zero attached hydrogens (tertiary/aromatic N) is 4. The molecule has 1 atom stereocenters. The van der Waals surface area contributed by atoms with Crippen molar-refractivity contribution in [3.8, 4) is 0 Å². The molecule has 0 radical (unpaired) electrons. The average Bonchev–Trinajstić information content (AvgIpc) is 2.86. The molecule has 0 aliphatic heterocycles. The van der Waals surface area contributed by atoms with Gasteiger partial charge in [-0.2, -0.15) is 0 Å².